The second-order valence-electron chi connectivity index (χ2n) is 4.30. The number of para-hydroxylation sites is 1. The number of nitrogen functional groups attached to an aromatic ring is 1. The molecule has 4 heteroatoms. The summed E-state index contributed by atoms with van der Waals surface area (Å²) >= 11 is 0. The van der Waals surface area contributed by atoms with Crippen LogP contribution in [0.25, 0.3) is 0 Å². The molecule has 0 saturated heterocycles. The molecule has 0 unspecified atom stereocenters. The first kappa shape index (κ1) is 11.8. The van der Waals surface area contributed by atoms with E-state index in [0.717, 1.165) is 30.9 Å². The molecule has 3 N–H and O–H groups in total. The molecule has 0 spiro atoms. The van der Waals surface area contributed by atoms with Crippen LogP contribution in [0.3, 0.4) is 0 Å². The highest BCUT2D eigenvalue weighted by atomic mass is 16.1. The van der Waals surface area contributed by atoms with Crippen molar-refractivity contribution >= 4 is 17.3 Å². The van der Waals surface area contributed by atoms with E-state index in [1.807, 2.05) is 19.1 Å². The van der Waals surface area contributed by atoms with Gasteiger partial charge in [0.15, 0.2) is 0 Å². The molecule has 1 aliphatic rings. The molecule has 0 saturated carbocycles. The summed E-state index contributed by atoms with van der Waals surface area (Å²) in [6.07, 6.45) is 1.55. The lowest BCUT2D eigenvalue weighted by atomic mass is 10.1. The smallest absolute Gasteiger partial charge is 0.221 e. The van der Waals surface area contributed by atoms with Crippen molar-refractivity contribution in [2.75, 3.05) is 30.3 Å². The van der Waals surface area contributed by atoms with Gasteiger partial charge in [0, 0.05) is 26.1 Å². The molecule has 0 aliphatic carbocycles. The minimum Gasteiger partial charge on any atom is -0.397 e. The molecular weight excluding hydrogens is 214 g/mol. The third-order valence-electron chi connectivity index (χ3n) is 3.10. The molecule has 1 aliphatic heterocycles. The highest BCUT2D eigenvalue weighted by Crippen LogP contribution is 2.33. The highest BCUT2D eigenvalue weighted by Gasteiger charge is 2.21. The normalized spacial score (nSPS) is 13.6. The molecule has 0 bridgehead atoms. The predicted octanol–water partition coefficient (Wildman–Crippen LogP) is 1.16. The zero-order valence-electron chi connectivity index (χ0n) is 10.2. The number of carbonyl (C=O) groups excluding carboxylic acids is 1. The number of nitrogens with two attached hydrogens (primary N) is 1. The van der Waals surface area contributed by atoms with Crippen LogP contribution in [0.4, 0.5) is 11.4 Å². The SMILES string of the molecule is CCNC(=O)CCN1CCc2cccc(N)c21. The zero-order chi connectivity index (χ0) is 12.3. The molecule has 1 aromatic carbocycles. The van der Waals surface area contributed by atoms with Crippen LogP contribution in [0.5, 0.6) is 0 Å². The fraction of sp³-hybridized carbons (Fsp3) is 0.462. The van der Waals surface area contributed by atoms with Gasteiger partial charge in [-0.3, -0.25) is 4.79 Å². The largest absolute Gasteiger partial charge is 0.397 e. The Balaban J connectivity index is 2.00. The van der Waals surface area contributed by atoms with Crippen LogP contribution in [-0.2, 0) is 11.2 Å². The third kappa shape index (κ3) is 2.52. The molecule has 2 rings (SSSR count). The number of anilines is 2. The van der Waals surface area contributed by atoms with Crippen LogP contribution in [0, 0.1) is 0 Å². The second-order valence-corrected chi connectivity index (χ2v) is 4.30. The van der Waals surface area contributed by atoms with Crippen LogP contribution in [0.2, 0.25) is 0 Å². The van der Waals surface area contributed by atoms with Gasteiger partial charge in [0.2, 0.25) is 5.91 Å². The summed E-state index contributed by atoms with van der Waals surface area (Å²) in [5.41, 5.74) is 9.22. The zero-order valence-corrected chi connectivity index (χ0v) is 10.2. The van der Waals surface area contributed by atoms with Crippen LogP contribution in [-0.4, -0.2) is 25.5 Å². The maximum Gasteiger partial charge on any atom is 0.221 e. The van der Waals surface area contributed by atoms with E-state index in [9.17, 15) is 4.79 Å². The molecule has 17 heavy (non-hydrogen) atoms. The van der Waals surface area contributed by atoms with Gasteiger partial charge in [0.05, 0.1) is 11.4 Å². The monoisotopic (exact) mass is 233 g/mol. The Hall–Kier alpha value is -1.71. The van der Waals surface area contributed by atoms with E-state index < -0.39 is 0 Å². The summed E-state index contributed by atoms with van der Waals surface area (Å²) in [5, 5.41) is 2.81. The average Bonchev–Trinajstić information content (AvgIpc) is 2.71. The molecule has 0 atom stereocenters. The van der Waals surface area contributed by atoms with Gasteiger partial charge in [-0.2, -0.15) is 0 Å². The lowest BCUT2D eigenvalue weighted by Gasteiger charge is -2.20. The predicted molar refractivity (Wildman–Crippen MR) is 70.1 cm³/mol. The van der Waals surface area contributed by atoms with Crippen molar-refractivity contribution in [2.45, 2.75) is 19.8 Å². The topological polar surface area (TPSA) is 58.4 Å². The Bertz CT molecular complexity index is 417. The number of hydrogen-bond donors (Lipinski definition) is 2. The molecule has 1 aromatic rings. The quantitative estimate of drug-likeness (QED) is 0.767. The van der Waals surface area contributed by atoms with Gasteiger partial charge in [-0.1, -0.05) is 12.1 Å². The molecular formula is C13H19N3O. The van der Waals surface area contributed by atoms with E-state index in [4.69, 9.17) is 5.73 Å². The first-order valence-electron chi connectivity index (χ1n) is 6.11. The van der Waals surface area contributed by atoms with Crippen molar-refractivity contribution < 1.29 is 4.79 Å². The Kier molecular flexibility index (Phi) is 3.52. The molecule has 92 valence electrons. The summed E-state index contributed by atoms with van der Waals surface area (Å²) in [6, 6.07) is 6.02. The average molecular weight is 233 g/mol. The van der Waals surface area contributed by atoms with Crippen molar-refractivity contribution in [3.8, 4) is 0 Å². The van der Waals surface area contributed by atoms with E-state index in [1.54, 1.807) is 0 Å². The summed E-state index contributed by atoms with van der Waals surface area (Å²) in [5.74, 6) is 0.107. The summed E-state index contributed by atoms with van der Waals surface area (Å²) in [6.45, 7) is 4.33. The first-order chi connectivity index (χ1) is 8.22. The summed E-state index contributed by atoms with van der Waals surface area (Å²) < 4.78 is 0. The minimum absolute atomic E-state index is 0.107. The van der Waals surface area contributed by atoms with Crippen molar-refractivity contribution in [2.24, 2.45) is 0 Å². The fourth-order valence-electron chi connectivity index (χ4n) is 2.31. The third-order valence-corrected chi connectivity index (χ3v) is 3.10. The van der Waals surface area contributed by atoms with Gasteiger partial charge in [-0.15, -0.1) is 0 Å². The van der Waals surface area contributed by atoms with Crippen molar-refractivity contribution in [3.63, 3.8) is 0 Å². The number of nitrogens with zero attached hydrogens (tertiary/aromatic N) is 1. The minimum atomic E-state index is 0.107. The number of benzene rings is 1. The van der Waals surface area contributed by atoms with Crippen molar-refractivity contribution in [3.05, 3.63) is 23.8 Å². The van der Waals surface area contributed by atoms with Gasteiger partial charge in [0.25, 0.3) is 0 Å². The molecule has 1 heterocycles. The van der Waals surface area contributed by atoms with E-state index in [0.29, 0.717) is 13.0 Å². The van der Waals surface area contributed by atoms with Gasteiger partial charge in [0.1, 0.15) is 0 Å². The summed E-state index contributed by atoms with van der Waals surface area (Å²) in [7, 11) is 0. The summed E-state index contributed by atoms with van der Waals surface area (Å²) in [4.78, 5) is 13.6. The molecule has 0 radical (unpaired) electrons. The lowest BCUT2D eigenvalue weighted by molar-refractivity contribution is -0.120. The van der Waals surface area contributed by atoms with E-state index in [2.05, 4.69) is 16.3 Å². The van der Waals surface area contributed by atoms with Crippen LogP contribution in [0.1, 0.15) is 18.9 Å². The van der Waals surface area contributed by atoms with Gasteiger partial charge >= 0.3 is 0 Å². The Morgan fingerprint density at radius 1 is 1.53 bits per heavy atom. The second kappa shape index (κ2) is 5.08. The van der Waals surface area contributed by atoms with Crippen LogP contribution < -0.4 is 16.0 Å². The Labute approximate surface area is 102 Å². The maximum absolute atomic E-state index is 11.4. The standard InChI is InChI=1S/C13H19N3O/c1-2-15-12(17)7-9-16-8-6-10-4-3-5-11(14)13(10)16/h3-5H,2,6-9,14H2,1H3,(H,15,17). The fourth-order valence-corrected chi connectivity index (χ4v) is 2.31. The molecule has 0 fully saturated rings. The van der Waals surface area contributed by atoms with Gasteiger partial charge < -0.3 is 16.0 Å². The number of nitrogens with one attached hydrogen (secondary N) is 1. The van der Waals surface area contributed by atoms with Crippen molar-refractivity contribution in [1.82, 2.24) is 5.32 Å². The van der Waals surface area contributed by atoms with E-state index >= 15 is 0 Å². The van der Waals surface area contributed by atoms with Crippen LogP contribution in [0.15, 0.2) is 18.2 Å². The van der Waals surface area contributed by atoms with Gasteiger partial charge in [-0.05, 0) is 25.0 Å². The number of amides is 1. The number of rotatable bonds is 4. The maximum atomic E-state index is 11.4. The lowest BCUT2D eigenvalue weighted by Crippen LogP contribution is -2.30. The van der Waals surface area contributed by atoms with E-state index in [-0.39, 0.29) is 5.91 Å². The Morgan fingerprint density at radius 3 is 3.12 bits per heavy atom. The van der Waals surface area contributed by atoms with Crippen LogP contribution >= 0.6 is 0 Å². The van der Waals surface area contributed by atoms with E-state index in [1.165, 1.54) is 5.56 Å². The molecule has 4 nitrogen and oxygen atoms in total. The number of carbonyl (C=O) groups is 1. The number of hydrogen-bond acceptors (Lipinski definition) is 3. The number of fused-ring (bicyclic) bond motifs is 1. The van der Waals surface area contributed by atoms with Gasteiger partial charge in [-0.25, -0.2) is 0 Å². The molecule has 1 amide bonds. The highest BCUT2D eigenvalue weighted by molar-refractivity contribution is 5.78. The van der Waals surface area contributed by atoms with Crippen molar-refractivity contribution in [1.29, 1.82) is 0 Å². The first-order valence-corrected chi connectivity index (χ1v) is 6.11. The molecule has 0 aromatic heterocycles. The Morgan fingerprint density at radius 2 is 2.35 bits per heavy atom.